The molecule has 0 aliphatic heterocycles. The molecule has 0 heterocycles. The van der Waals surface area contributed by atoms with Gasteiger partial charge in [-0.2, -0.15) is 0 Å². The van der Waals surface area contributed by atoms with Crippen LogP contribution in [-0.2, 0) is 4.57 Å². The van der Waals surface area contributed by atoms with Gasteiger partial charge in [0.05, 0.1) is 0 Å². The Labute approximate surface area is 52.7 Å². The molecular weight excluding hydrogens is 238 g/mol. The van der Waals surface area contributed by atoms with Gasteiger partial charge in [-0.05, 0) is 0 Å². The van der Waals surface area contributed by atoms with Crippen molar-refractivity contribution in [3.63, 3.8) is 0 Å². The average Bonchev–Trinajstić information content (AvgIpc) is 0.722. The molecule has 34 valence electrons. The van der Waals surface area contributed by atoms with Gasteiger partial charge >= 0.3 is 53.1 Å². The molecular formula is H2O3PTb. The van der Waals surface area contributed by atoms with Gasteiger partial charge in [0.2, 0.25) is 0 Å². The van der Waals surface area contributed by atoms with Gasteiger partial charge in [0.15, 0.2) is 0 Å². The first-order chi connectivity index (χ1) is 2.00. The van der Waals surface area contributed by atoms with Crippen LogP contribution in [0, 0.1) is 35.9 Å². The van der Waals surface area contributed by atoms with Gasteiger partial charge in [-0.15, -0.1) is 0 Å². The molecule has 0 aliphatic rings. The molecule has 0 atom stereocenters. The zero-order chi connectivity index (χ0) is 4.50. The van der Waals surface area contributed by atoms with E-state index in [1.165, 1.54) is 0 Å². The van der Waals surface area contributed by atoms with Gasteiger partial charge in [0, 0.05) is 0 Å². The predicted octanol–water partition coefficient (Wildman–Crippen LogP) is -0.372. The van der Waals surface area contributed by atoms with E-state index >= 15 is 0 Å². The van der Waals surface area contributed by atoms with Gasteiger partial charge < -0.3 is 0 Å². The molecule has 0 radical (unpaired) electrons. The van der Waals surface area contributed by atoms with Crippen LogP contribution in [0.15, 0.2) is 0 Å². The van der Waals surface area contributed by atoms with Gasteiger partial charge in [-0.3, -0.25) is 0 Å². The van der Waals surface area contributed by atoms with Crippen molar-refractivity contribution < 1.29 is 50.2 Å². The van der Waals surface area contributed by atoms with Crippen molar-refractivity contribution in [3.05, 3.63) is 0 Å². The normalized spacial score (nSPS) is 12.0. The van der Waals surface area contributed by atoms with E-state index in [9.17, 15) is 4.57 Å². The number of hydrogen-bond donors (Lipinski definition) is 2. The maximum absolute atomic E-state index is 9.33. The Kier molecular flexibility index (Phi) is 2.49. The minimum absolute atomic E-state index is 0.854. The summed E-state index contributed by atoms with van der Waals surface area (Å²) in [6.07, 6.45) is 0. The Morgan fingerprint density at radius 3 is 1.60 bits per heavy atom. The third-order valence-corrected chi connectivity index (χ3v) is 0. The fourth-order valence-electron chi connectivity index (χ4n) is 0. The van der Waals surface area contributed by atoms with Crippen molar-refractivity contribution in [1.29, 1.82) is 0 Å². The molecule has 3 nitrogen and oxygen atoms in total. The fraction of sp³-hybridized carbons (Fsp3) is 0. The zero-order valence-corrected chi connectivity index (χ0v) is 5.12. The maximum atomic E-state index is 9.33. The third kappa shape index (κ3) is 31.1. The second-order valence-corrected chi connectivity index (χ2v) is 5.08. The third-order valence-electron chi connectivity index (χ3n) is 0. The first-order valence-electron chi connectivity index (χ1n) is 0.732. The van der Waals surface area contributed by atoms with Gasteiger partial charge in [-0.1, -0.05) is 0 Å². The van der Waals surface area contributed by atoms with E-state index in [1.807, 2.05) is 0 Å². The monoisotopic (exact) mass is 240 g/mol. The van der Waals surface area contributed by atoms with Gasteiger partial charge in [-0.25, -0.2) is 0 Å². The molecule has 0 spiro atoms. The van der Waals surface area contributed by atoms with E-state index < -0.39 is 2.86 Å². The first kappa shape index (κ1) is 6.44. The quantitative estimate of drug-likeness (QED) is 0.568. The van der Waals surface area contributed by atoms with E-state index in [0.29, 0.717) is 0 Å². The molecule has 0 saturated carbocycles. The molecule has 5 heavy (non-hydrogen) atoms. The van der Waals surface area contributed by atoms with Gasteiger partial charge in [0.25, 0.3) is 0 Å². The van der Waals surface area contributed by atoms with E-state index in [4.69, 9.17) is 9.79 Å². The average molecular weight is 240 g/mol. The molecule has 0 aliphatic carbocycles. The molecule has 0 aromatic carbocycles. The Bertz CT molecular complexity index is 53.0. The van der Waals surface area contributed by atoms with Crippen LogP contribution in [0.3, 0.4) is 0 Å². The van der Waals surface area contributed by atoms with Crippen molar-refractivity contribution in [2.75, 3.05) is 0 Å². The summed E-state index contributed by atoms with van der Waals surface area (Å²) in [5.74, 6) is 0. The summed E-state index contributed by atoms with van der Waals surface area (Å²) in [6.45, 7) is 0. The topological polar surface area (TPSA) is 57.5 Å². The van der Waals surface area contributed by atoms with Crippen molar-refractivity contribution >= 4 is 2.86 Å². The second-order valence-electron chi connectivity index (χ2n) is 0.447. The molecule has 0 unspecified atom stereocenters. The fourth-order valence-corrected chi connectivity index (χ4v) is 0. The first-order valence-corrected chi connectivity index (χ1v) is 5.06. The van der Waals surface area contributed by atoms with Crippen LogP contribution in [0.4, 0.5) is 0 Å². The molecule has 0 rings (SSSR count). The molecule has 0 bridgehead atoms. The summed E-state index contributed by atoms with van der Waals surface area (Å²) in [7, 11) is 0. The molecule has 0 aromatic heterocycles. The molecule has 2 N–H and O–H groups in total. The van der Waals surface area contributed by atoms with Crippen LogP contribution in [0.1, 0.15) is 0 Å². The van der Waals surface area contributed by atoms with E-state index in [-0.39, 0.29) is 0 Å². The van der Waals surface area contributed by atoms with E-state index in [1.54, 1.807) is 0 Å². The Morgan fingerprint density at radius 2 is 1.60 bits per heavy atom. The van der Waals surface area contributed by atoms with Crippen molar-refractivity contribution in [2.45, 2.75) is 0 Å². The number of hydrogen-bond acceptors (Lipinski definition) is 1. The van der Waals surface area contributed by atoms with Crippen molar-refractivity contribution in [3.8, 4) is 0 Å². The van der Waals surface area contributed by atoms with E-state index in [0.717, 1.165) is 35.9 Å². The van der Waals surface area contributed by atoms with Gasteiger partial charge in [0.1, 0.15) is 0 Å². The SMILES string of the molecule is O=[P](O)(O)[Tb]. The Balaban J connectivity index is 3.47. The molecule has 5 heteroatoms. The molecule has 0 saturated heterocycles. The van der Waals surface area contributed by atoms with Crippen LogP contribution in [0.2, 0.25) is 0 Å². The van der Waals surface area contributed by atoms with Crippen LogP contribution < -0.4 is 0 Å². The molecule has 0 fully saturated rings. The van der Waals surface area contributed by atoms with Crippen LogP contribution in [0.5, 0.6) is 0 Å². The molecule has 0 amide bonds. The molecule has 0 aromatic rings. The van der Waals surface area contributed by atoms with Crippen molar-refractivity contribution in [1.82, 2.24) is 0 Å². The van der Waals surface area contributed by atoms with Crippen LogP contribution >= 0.6 is 2.86 Å². The summed E-state index contributed by atoms with van der Waals surface area (Å²) in [5, 5.41) is 0. The number of rotatable bonds is 0. The Morgan fingerprint density at radius 1 is 1.60 bits per heavy atom. The van der Waals surface area contributed by atoms with Crippen LogP contribution in [-0.4, -0.2) is 9.79 Å². The van der Waals surface area contributed by atoms with E-state index in [2.05, 4.69) is 0 Å². The standard InChI is InChI=1S/HO3P.Tb/c1-4(2)3;/h(H-,1,2,3);/q;-1/p+1. The van der Waals surface area contributed by atoms with Crippen molar-refractivity contribution in [2.24, 2.45) is 0 Å². The summed E-state index contributed by atoms with van der Waals surface area (Å²) in [5.41, 5.74) is 0. The summed E-state index contributed by atoms with van der Waals surface area (Å²) in [4.78, 5) is 15.3. The summed E-state index contributed by atoms with van der Waals surface area (Å²) in [6, 6.07) is 0. The second kappa shape index (κ2) is 1.93. The summed E-state index contributed by atoms with van der Waals surface area (Å²) < 4.78 is 5.69. The Hall–Kier alpha value is 1.44. The minimum atomic E-state index is -3.64. The summed E-state index contributed by atoms with van der Waals surface area (Å²) >= 11 is 0.854. The van der Waals surface area contributed by atoms with Crippen LogP contribution in [0.25, 0.3) is 0 Å². The zero-order valence-electron chi connectivity index (χ0n) is 2.08. The predicted molar refractivity (Wildman–Crippen MR) is 12.0 cm³/mol.